The molecule has 0 amide bonds. The summed E-state index contributed by atoms with van der Waals surface area (Å²) in [5, 5.41) is 0. The van der Waals surface area contributed by atoms with Gasteiger partial charge in [-0.3, -0.25) is 4.57 Å². The Labute approximate surface area is 99.1 Å². The van der Waals surface area contributed by atoms with Crippen molar-refractivity contribution >= 4 is 17.1 Å². The highest BCUT2D eigenvalue weighted by atomic mass is 16.1. The minimum absolute atomic E-state index is 0.263. The molecular weight excluding hydrogens is 218 g/mol. The van der Waals surface area contributed by atoms with Gasteiger partial charge in [0.05, 0.1) is 6.20 Å². The molecule has 17 heavy (non-hydrogen) atoms. The summed E-state index contributed by atoms with van der Waals surface area (Å²) in [6.07, 6.45) is 3.38. The number of aromatic nitrogens is 4. The molecule has 0 aliphatic carbocycles. The van der Waals surface area contributed by atoms with E-state index in [1.165, 1.54) is 0 Å². The van der Waals surface area contributed by atoms with Gasteiger partial charge in [-0.15, -0.1) is 0 Å². The third-order valence-corrected chi connectivity index (χ3v) is 2.70. The van der Waals surface area contributed by atoms with E-state index in [1.54, 1.807) is 10.8 Å². The molecule has 92 valence electrons. The Kier molecular flexibility index (Phi) is 3.12. The summed E-state index contributed by atoms with van der Waals surface area (Å²) in [4.78, 5) is 19.8. The fourth-order valence-electron chi connectivity index (χ4n) is 1.96. The topological polar surface area (TPSA) is 78.7 Å². The minimum atomic E-state index is -0.263. The Morgan fingerprint density at radius 2 is 1.88 bits per heavy atom. The SMILES string of the molecule is CCCn1c(N)nc2c1cnc(=O)n2CCC. The Morgan fingerprint density at radius 3 is 2.53 bits per heavy atom. The smallest absolute Gasteiger partial charge is 0.349 e. The number of nitrogens with zero attached hydrogens (tertiary/aromatic N) is 4. The predicted molar refractivity (Wildman–Crippen MR) is 66.8 cm³/mol. The van der Waals surface area contributed by atoms with Crippen molar-refractivity contribution in [2.45, 2.75) is 39.8 Å². The lowest BCUT2D eigenvalue weighted by Crippen LogP contribution is -2.23. The maximum atomic E-state index is 11.7. The second kappa shape index (κ2) is 4.57. The van der Waals surface area contributed by atoms with Crippen LogP contribution in [0.2, 0.25) is 0 Å². The average Bonchev–Trinajstić information content (AvgIpc) is 2.61. The predicted octanol–water partition coefficient (Wildman–Crippen LogP) is 0.995. The van der Waals surface area contributed by atoms with Crippen molar-refractivity contribution in [2.75, 3.05) is 5.73 Å². The van der Waals surface area contributed by atoms with Crippen LogP contribution < -0.4 is 11.4 Å². The Balaban J connectivity index is 2.70. The monoisotopic (exact) mass is 235 g/mol. The average molecular weight is 235 g/mol. The fourth-order valence-corrected chi connectivity index (χ4v) is 1.96. The zero-order chi connectivity index (χ0) is 12.4. The molecule has 2 rings (SSSR count). The van der Waals surface area contributed by atoms with E-state index in [2.05, 4.69) is 16.9 Å². The van der Waals surface area contributed by atoms with E-state index in [1.807, 2.05) is 11.5 Å². The van der Waals surface area contributed by atoms with Crippen LogP contribution in [0.4, 0.5) is 5.95 Å². The van der Waals surface area contributed by atoms with Gasteiger partial charge in [0.25, 0.3) is 0 Å². The molecule has 2 N–H and O–H groups in total. The molecule has 0 aliphatic rings. The van der Waals surface area contributed by atoms with Gasteiger partial charge in [-0.2, -0.15) is 9.97 Å². The molecule has 0 saturated heterocycles. The molecule has 2 aromatic rings. The van der Waals surface area contributed by atoms with Crippen molar-refractivity contribution in [3.63, 3.8) is 0 Å². The number of hydrogen-bond acceptors (Lipinski definition) is 4. The fraction of sp³-hybridized carbons (Fsp3) is 0.545. The zero-order valence-electron chi connectivity index (χ0n) is 10.2. The lowest BCUT2D eigenvalue weighted by Gasteiger charge is -2.05. The number of anilines is 1. The van der Waals surface area contributed by atoms with Gasteiger partial charge >= 0.3 is 5.69 Å². The highest BCUT2D eigenvalue weighted by Gasteiger charge is 2.12. The second-order valence-electron chi connectivity index (χ2n) is 4.02. The lowest BCUT2D eigenvalue weighted by atomic mass is 10.4. The summed E-state index contributed by atoms with van der Waals surface area (Å²) in [5.41, 5.74) is 7.07. The highest BCUT2D eigenvalue weighted by molar-refractivity contribution is 5.73. The van der Waals surface area contributed by atoms with Crippen molar-refractivity contribution in [3.8, 4) is 0 Å². The molecule has 0 atom stereocenters. The first-order valence-electron chi connectivity index (χ1n) is 5.90. The van der Waals surface area contributed by atoms with E-state index >= 15 is 0 Å². The highest BCUT2D eigenvalue weighted by Crippen LogP contribution is 2.16. The van der Waals surface area contributed by atoms with E-state index < -0.39 is 0 Å². The van der Waals surface area contributed by atoms with Gasteiger partial charge < -0.3 is 10.3 Å². The number of nitrogen functional groups attached to an aromatic ring is 1. The minimum Gasteiger partial charge on any atom is -0.369 e. The zero-order valence-corrected chi connectivity index (χ0v) is 10.2. The first kappa shape index (κ1) is 11.6. The molecule has 6 nitrogen and oxygen atoms in total. The summed E-state index contributed by atoms with van der Waals surface area (Å²) in [6, 6.07) is 0. The van der Waals surface area contributed by atoms with Gasteiger partial charge in [0.1, 0.15) is 5.52 Å². The summed E-state index contributed by atoms with van der Waals surface area (Å²) in [6.45, 7) is 5.48. The number of fused-ring (bicyclic) bond motifs is 1. The quantitative estimate of drug-likeness (QED) is 0.857. The maximum absolute atomic E-state index is 11.7. The molecule has 6 heteroatoms. The van der Waals surface area contributed by atoms with E-state index in [0.717, 1.165) is 24.9 Å². The van der Waals surface area contributed by atoms with Crippen molar-refractivity contribution in [1.29, 1.82) is 0 Å². The Morgan fingerprint density at radius 1 is 1.24 bits per heavy atom. The molecule has 0 radical (unpaired) electrons. The van der Waals surface area contributed by atoms with Crippen LogP contribution in [0.1, 0.15) is 26.7 Å². The van der Waals surface area contributed by atoms with E-state index in [-0.39, 0.29) is 5.69 Å². The van der Waals surface area contributed by atoms with E-state index in [9.17, 15) is 4.79 Å². The molecule has 0 unspecified atom stereocenters. The molecule has 0 bridgehead atoms. The summed E-state index contributed by atoms with van der Waals surface area (Å²) < 4.78 is 3.48. The molecule has 0 aliphatic heterocycles. The van der Waals surface area contributed by atoms with Crippen LogP contribution in [-0.2, 0) is 13.1 Å². The van der Waals surface area contributed by atoms with Crippen molar-refractivity contribution < 1.29 is 0 Å². The summed E-state index contributed by atoms with van der Waals surface area (Å²) >= 11 is 0. The van der Waals surface area contributed by atoms with Crippen LogP contribution in [-0.4, -0.2) is 19.1 Å². The third-order valence-electron chi connectivity index (χ3n) is 2.70. The second-order valence-corrected chi connectivity index (χ2v) is 4.02. The van der Waals surface area contributed by atoms with Crippen LogP contribution in [0.15, 0.2) is 11.0 Å². The summed E-state index contributed by atoms with van der Waals surface area (Å²) in [5.74, 6) is 0.444. The Hall–Kier alpha value is -1.85. The normalized spacial score (nSPS) is 11.2. The van der Waals surface area contributed by atoms with Gasteiger partial charge in [-0.05, 0) is 12.8 Å². The number of rotatable bonds is 4. The van der Waals surface area contributed by atoms with Crippen molar-refractivity contribution in [1.82, 2.24) is 19.1 Å². The van der Waals surface area contributed by atoms with E-state index in [0.29, 0.717) is 18.1 Å². The molecule has 0 spiro atoms. The molecule has 2 heterocycles. The van der Waals surface area contributed by atoms with Gasteiger partial charge in [-0.1, -0.05) is 13.8 Å². The first-order valence-corrected chi connectivity index (χ1v) is 5.90. The van der Waals surface area contributed by atoms with Crippen LogP contribution in [0.25, 0.3) is 11.2 Å². The number of imidazole rings is 1. The molecular formula is C11H17N5O. The van der Waals surface area contributed by atoms with Gasteiger partial charge in [0.2, 0.25) is 5.95 Å². The van der Waals surface area contributed by atoms with Crippen LogP contribution in [0.3, 0.4) is 0 Å². The lowest BCUT2D eigenvalue weighted by molar-refractivity contribution is 0.653. The van der Waals surface area contributed by atoms with Crippen molar-refractivity contribution in [3.05, 3.63) is 16.7 Å². The molecule has 0 fully saturated rings. The van der Waals surface area contributed by atoms with E-state index in [4.69, 9.17) is 5.73 Å². The van der Waals surface area contributed by atoms with Crippen LogP contribution >= 0.6 is 0 Å². The first-order chi connectivity index (χ1) is 8.19. The van der Waals surface area contributed by atoms with Gasteiger partial charge in [0, 0.05) is 13.1 Å². The summed E-state index contributed by atoms with van der Waals surface area (Å²) in [7, 11) is 0. The largest absolute Gasteiger partial charge is 0.369 e. The van der Waals surface area contributed by atoms with Gasteiger partial charge in [-0.25, -0.2) is 4.79 Å². The number of aryl methyl sites for hydroxylation is 2. The third kappa shape index (κ3) is 1.90. The standard InChI is InChI=1S/C11H17N5O/c1-3-5-15-8-7-13-11(17)16(6-4-2)9(8)14-10(15)12/h7H,3-6H2,1-2H3,(H2,12,14). The van der Waals surface area contributed by atoms with Crippen LogP contribution in [0.5, 0.6) is 0 Å². The molecule has 0 saturated carbocycles. The number of nitrogens with two attached hydrogens (primary N) is 1. The molecule has 0 aromatic carbocycles. The number of hydrogen-bond donors (Lipinski definition) is 1. The van der Waals surface area contributed by atoms with Crippen molar-refractivity contribution in [2.24, 2.45) is 0 Å². The van der Waals surface area contributed by atoms with Gasteiger partial charge in [0.15, 0.2) is 5.65 Å². The van der Waals surface area contributed by atoms with Crippen LogP contribution in [0, 0.1) is 0 Å². The molecule has 2 aromatic heterocycles. The Bertz CT molecular complexity index is 583. The maximum Gasteiger partial charge on any atom is 0.349 e.